The summed E-state index contributed by atoms with van der Waals surface area (Å²) < 4.78 is 30.0. The van der Waals surface area contributed by atoms with Gasteiger partial charge in [0.1, 0.15) is 5.76 Å². The van der Waals surface area contributed by atoms with E-state index in [9.17, 15) is 13.2 Å². The summed E-state index contributed by atoms with van der Waals surface area (Å²) >= 11 is 0. The Labute approximate surface area is 210 Å². The molecule has 186 valence electrons. The van der Waals surface area contributed by atoms with Crippen molar-refractivity contribution >= 4 is 27.1 Å². The number of benzene rings is 2. The minimum absolute atomic E-state index is 0.0379. The summed E-state index contributed by atoms with van der Waals surface area (Å²) in [7, 11) is -3.74. The van der Waals surface area contributed by atoms with E-state index < -0.39 is 20.9 Å². The molecule has 0 radical (unpaired) electrons. The lowest BCUT2D eigenvalue weighted by molar-refractivity contribution is 0.102. The molecule has 0 atom stereocenters. The average molecular weight is 505 g/mol. The molecule has 1 N–H and O–H groups in total. The van der Waals surface area contributed by atoms with E-state index in [1.807, 2.05) is 74.2 Å². The first-order valence-corrected chi connectivity index (χ1v) is 13.3. The van der Waals surface area contributed by atoms with Crippen LogP contribution in [0.3, 0.4) is 0 Å². The predicted octanol–water partition coefficient (Wildman–Crippen LogP) is 4.86. The maximum atomic E-state index is 13.5. The van der Waals surface area contributed by atoms with E-state index in [-0.39, 0.29) is 5.69 Å². The highest BCUT2D eigenvalue weighted by Crippen LogP contribution is 2.26. The Kier molecular flexibility index (Phi) is 7.21. The summed E-state index contributed by atoms with van der Waals surface area (Å²) in [4.78, 5) is 23.7. The predicted molar refractivity (Wildman–Crippen MR) is 139 cm³/mol. The quantitative estimate of drug-likeness (QED) is 0.342. The molecule has 0 aliphatic carbocycles. The lowest BCUT2D eigenvalue weighted by atomic mass is 10.1. The van der Waals surface area contributed by atoms with Crippen molar-refractivity contribution in [1.82, 2.24) is 9.97 Å². The van der Waals surface area contributed by atoms with Gasteiger partial charge in [0.15, 0.2) is 5.69 Å². The number of nitrogens with one attached hydrogen (secondary N) is 1. The standard InChI is InChI=1S/C27H28N4O4S/c1-18-7-10-21(11-8-18)16-31(17-22-6-5-13-35-22)24-15-28-27(36(4,33)34)30-25(24)26(32)29-23-12-9-19(2)14-20(23)3/h5-15H,16-17H2,1-4H3,(H,29,32). The summed E-state index contributed by atoms with van der Waals surface area (Å²) in [6.07, 6.45) is 3.98. The van der Waals surface area contributed by atoms with Crippen molar-refractivity contribution in [1.29, 1.82) is 0 Å². The molecule has 36 heavy (non-hydrogen) atoms. The summed E-state index contributed by atoms with van der Waals surface area (Å²) in [5.41, 5.74) is 5.05. The van der Waals surface area contributed by atoms with Crippen molar-refractivity contribution < 1.29 is 17.6 Å². The van der Waals surface area contributed by atoms with Crippen LogP contribution in [0.5, 0.6) is 0 Å². The van der Waals surface area contributed by atoms with E-state index in [1.165, 1.54) is 6.20 Å². The molecule has 2 heterocycles. The van der Waals surface area contributed by atoms with Crippen LogP contribution in [0.1, 0.15) is 38.5 Å². The smallest absolute Gasteiger partial charge is 0.276 e. The molecule has 0 saturated heterocycles. The molecule has 8 nitrogen and oxygen atoms in total. The van der Waals surface area contributed by atoms with E-state index in [0.29, 0.717) is 30.2 Å². The Morgan fingerprint density at radius 2 is 1.72 bits per heavy atom. The molecule has 0 unspecified atom stereocenters. The normalized spacial score (nSPS) is 11.3. The number of hydrogen-bond donors (Lipinski definition) is 1. The van der Waals surface area contributed by atoms with Crippen molar-refractivity contribution in [2.75, 3.05) is 16.5 Å². The Hall–Kier alpha value is -3.98. The molecule has 0 fully saturated rings. The van der Waals surface area contributed by atoms with Crippen LogP contribution >= 0.6 is 0 Å². The highest BCUT2D eigenvalue weighted by Gasteiger charge is 2.24. The van der Waals surface area contributed by atoms with Crippen molar-refractivity contribution in [3.05, 3.63) is 101 Å². The van der Waals surface area contributed by atoms with Crippen LogP contribution in [0.15, 0.2) is 76.6 Å². The van der Waals surface area contributed by atoms with Gasteiger partial charge in [-0.05, 0) is 50.1 Å². The van der Waals surface area contributed by atoms with E-state index in [0.717, 1.165) is 28.5 Å². The lowest BCUT2D eigenvalue weighted by Crippen LogP contribution is -2.27. The molecule has 0 spiro atoms. The van der Waals surface area contributed by atoms with Crippen LogP contribution < -0.4 is 10.2 Å². The molecule has 0 bridgehead atoms. The SMILES string of the molecule is Cc1ccc(CN(Cc2ccco2)c2cnc(S(C)(=O)=O)nc2C(=O)Nc2ccc(C)cc2C)cc1. The summed E-state index contributed by atoms with van der Waals surface area (Å²) in [5, 5.41) is 2.47. The number of carbonyl (C=O) groups is 1. The molecular formula is C27H28N4O4S. The number of carbonyl (C=O) groups excluding carboxylic acids is 1. The fourth-order valence-electron chi connectivity index (χ4n) is 3.80. The number of rotatable bonds is 8. The van der Waals surface area contributed by atoms with Gasteiger partial charge in [0, 0.05) is 18.5 Å². The number of hydrogen-bond acceptors (Lipinski definition) is 7. The first-order valence-electron chi connectivity index (χ1n) is 11.4. The largest absolute Gasteiger partial charge is 0.467 e. The minimum atomic E-state index is -3.74. The topological polar surface area (TPSA) is 105 Å². The monoisotopic (exact) mass is 504 g/mol. The highest BCUT2D eigenvalue weighted by atomic mass is 32.2. The molecule has 4 aromatic rings. The van der Waals surface area contributed by atoms with Crippen LogP contribution in [-0.4, -0.2) is 30.5 Å². The fraction of sp³-hybridized carbons (Fsp3) is 0.222. The lowest BCUT2D eigenvalue weighted by Gasteiger charge is -2.25. The average Bonchev–Trinajstić information content (AvgIpc) is 3.34. The van der Waals surface area contributed by atoms with Crippen molar-refractivity contribution in [2.45, 2.75) is 39.0 Å². The fourth-order valence-corrected chi connectivity index (χ4v) is 4.30. The van der Waals surface area contributed by atoms with Gasteiger partial charge in [0.25, 0.3) is 5.91 Å². The van der Waals surface area contributed by atoms with Gasteiger partial charge in [-0.25, -0.2) is 18.4 Å². The van der Waals surface area contributed by atoms with Gasteiger partial charge in [-0.15, -0.1) is 0 Å². The van der Waals surface area contributed by atoms with Gasteiger partial charge in [-0.3, -0.25) is 4.79 Å². The third-order valence-electron chi connectivity index (χ3n) is 5.69. The Bertz CT molecular complexity index is 1480. The molecule has 0 saturated carbocycles. The third-order valence-corrected chi connectivity index (χ3v) is 6.55. The van der Waals surface area contributed by atoms with E-state index >= 15 is 0 Å². The number of nitrogens with zero attached hydrogens (tertiary/aromatic N) is 3. The summed E-state index contributed by atoms with van der Waals surface area (Å²) in [5.74, 6) is 0.146. The van der Waals surface area contributed by atoms with Crippen LogP contribution in [0, 0.1) is 20.8 Å². The zero-order valence-electron chi connectivity index (χ0n) is 20.6. The van der Waals surface area contributed by atoms with Gasteiger partial charge in [0.2, 0.25) is 15.0 Å². The van der Waals surface area contributed by atoms with Crippen LogP contribution in [0.25, 0.3) is 0 Å². The second kappa shape index (κ2) is 10.3. The van der Waals surface area contributed by atoms with E-state index in [4.69, 9.17) is 4.42 Å². The van der Waals surface area contributed by atoms with Crippen LogP contribution in [-0.2, 0) is 22.9 Å². The van der Waals surface area contributed by atoms with Crippen molar-refractivity contribution in [3.63, 3.8) is 0 Å². The number of sulfone groups is 1. The number of amides is 1. The van der Waals surface area contributed by atoms with Gasteiger partial charge in [0.05, 0.1) is 24.7 Å². The summed E-state index contributed by atoms with van der Waals surface area (Å²) in [6.45, 7) is 6.62. The Morgan fingerprint density at radius 1 is 1.00 bits per heavy atom. The molecule has 0 aliphatic heterocycles. The Morgan fingerprint density at radius 3 is 2.36 bits per heavy atom. The second-order valence-electron chi connectivity index (χ2n) is 8.85. The third kappa shape index (κ3) is 5.98. The van der Waals surface area contributed by atoms with Gasteiger partial charge >= 0.3 is 0 Å². The molecule has 2 aromatic carbocycles. The van der Waals surface area contributed by atoms with Crippen molar-refractivity contribution in [3.8, 4) is 0 Å². The van der Waals surface area contributed by atoms with Gasteiger partial charge in [-0.2, -0.15) is 0 Å². The Balaban J connectivity index is 1.79. The molecule has 1 amide bonds. The van der Waals surface area contributed by atoms with E-state index in [2.05, 4.69) is 15.3 Å². The number of anilines is 2. The van der Waals surface area contributed by atoms with Gasteiger partial charge in [-0.1, -0.05) is 47.5 Å². The zero-order chi connectivity index (χ0) is 25.9. The second-order valence-corrected chi connectivity index (χ2v) is 10.8. The molecule has 2 aromatic heterocycles. The van der Waals surface area contributed by atoms with Crippen LogP contribution in [0.4, 0.5) is 11.4 Å². The van der Waals surface area contributed by atoms with Crippen LogP contribution in [0.2, 0.25) is 0 Å². The zero-order valence-corrected chi connectivity index (χ0v) is 21.5. The minimum Gasteiger partial charge on any atom is -0.467 e. The molecule has 0 aliphatic rings. The van der Waals surface area contributed by atoms with Gasteiger partial charge < -0.3 is 14.6 Å². The maximum Gasteiger partial charge on any atom is 0.276 e. The first kappa shape index (κ1) is 25.1. The molecular weight excluding hydrogens is 476 g/mol. The molecule has 4 rings (SSSR count). The first-order chi connectivity index (χ1) is 17.1. The summed E-state index contributed by atoms with van der Waals surface area (Å²) in [6, 6.07) is 17.3. The van der Waals surface area contributed by atoms with Crippen molar-refractivity contribution in [2.24, 2.45) is 0 Å². The maximum absolute atomic E-state index is 13.5. The van der Waals surface area contributed by atoms with E-state index in [1.54, 1.807) is 12.3 Å². The number of aromatic nitrogens is 2. The number of aryl methyl sites for hydroxylation is 3. The number of furan rings is 1. The molecule has 9 heteroatoms. The highest BCUT2D eigenvalue weighted by molar-refractivity contribution is 7.90.